The van der Waals surface area contributed by atoms with Crippen molar-refractivity contribution >= 4 is 23.2 Å². The van der Waals surface area contributed by atoms with E-state index in [4.69, 9.17) is 20.4 Å². The molecule has 0 atom stereocenters. The van der Waals surface area contributed by atoms with Crippen LogP contribution in [0, 0.1) is 9.81 Å². The zero-order valence-corrected chi connectivity index (χ0v) is 18.7. The molecule has 2 amide bonds. The highest BCUT2D eigenvalue weighted by Crippen LogP contribution is 2.30. The smallest absolute Gasteiger partial charge is 0.253 e. The molecule has 0 fully saturated rings. The van der Waals surface area contributed by atoms with Crippen LogP contribution in [0.5, 0.6) is 23.0 Å². The SMILES string of the molecule is CCN(N=O)c1ccc(O)c(O)c1.CCN1C(=O)C=CC1=O.CN(N=O)c1ccc(O)c(O)c1. The third kappa shape index (κ3) is 7.47. The summed E-state index contributed by atoms with van der Waals surface area (Å²) in [4.78, 5) is 42.7. The van der Waals surface area contributed by atoms with E-state index in [-0.39, 0.29) is 34.8 Å². The number of rotatable bonds is 6. The molecule has 0 saturated carbocycles. The summed E-state index contributed by atoms with van der Waals surface area (Å²) >= 11 is 0. The highest BCUT2D eigenvalue weighted by atomic mass is 16.3. The van der Waals surface area contributed by atoms with Gasteiger partial charge in [0.05, 0.1) is 21.9 Å². The Hall–Kier alpha value is -4.68. The van der Waals surface area contributed by atoms with E-state index in [0.717, 1.165) is 5.01 Å². The number of benzene rings is 2. The van der Waals surface area contributed by atoms with Crippen LogP contribution >= 0.6 is 0 Å². The average molecular weight is 475 g/mol. The van der Waals surface area contributed by atoms with Crippen molar-refractivity contribution in [3.05, 3.63) is 58.4 Å². The van der Waals surface area contributed by atoms with Gasteiger partial charge >= 0.3 is 0 Å². The third-order valence-electron chi connectivity index (χ3n) is 4.33. The van der Waals surface area contributed by atoms with Crippen LogP contribution in [-0.4, -0.2) is 57.3 Å². The number of carbonyl (C=O) groups excluding carboxylic acids is 2. The van der Waals surface area contributed by atoms with Gasteiger partial charge in [-0.05, 0) is 38.1 Å². The van der Waals surface area contributed by atoms with Gasteiger partial charge in [-0.15, -0.1) is 9.81 Å². The molecule has 1 heterocycles. The van der Waals surface area contributed by atoms with Gasteiger partial charge in [-0.25, -0.2) is 10.0 Å². The summed E-state index contributed by atoms with van der Waals surface area (Å²) in [5.41, 5.74) is 0.869. The number of nitrogens with zero attached hydrogens (tertiary/aromatic N) is 5. The lowest BCUT2D eigenvalue weighted by Crippen LogP contribution is -2.29. The van der Waals surface area contributed by atoms with E-state index < -0.39 is 0 Å². The number of imide groups is 1. The van der Waals surface area contributed by atoms with Gasteiger partial charge in [0, 0.05) is 44.4 Å². The fourth-order valence-corrected chi connectivity index (χ4v) is 2.46. The zero-order valence-electron chi connectivity index (χ0n) is 18.7. The molecule has 0 saturated heterocycles. The number of amides is 2. The van der Waals surface area contributed by atoms with Crippen molar-refractivity contribution in [1.82, 2.24) is 4.90 Å². The number of aromatic hydroxyl groups is 4. The van der Waals surface area contributed by atoms with E-state index in [1.54, 1.807) is 13.8 Å². The Balaban J connectivity index is 0.000000259. The predicted octanol–water partition coefficient (Wildman–Crippen LogP) is 2.75. The van der Waals surface area contributed by atoms with Crippen molar-refractivity contribution in [2.75, 3.05) is 30.2 Å². The molecule has 1 aliphatic heterocycles. The van der Waals surface area contributed by atoms with Gasteiger partial charge in [0.2, 0.25) is 0 Å². The summed E-state index contributed by atoms with van der Waals surface area (Å²) in [6.45, 7) is 4.40. The topological polar surface area (TPSA) is 184 Å². The third-order valence-corrected chi connectivity index (χ3v) is 4.33. The maximum atomic E-state index is 10.6. The minimum atomic E-state index is -0.275. The summed E-state index contributed by atoms with van der Waals surface area (Å²) in [6.07, 6.45) is 2.57. The van der Waals surface area contributed by atoms with Crippen molar-refractivity contribution < 1.29 is 30.0 Å². The molecule has 182 valence electrons. The number of likely N-dealkylation sites (N-methyl/N-ethyl adjacent to an activating group) is 1. The number of phenols is 4. The van der Waals surface area contributed by atoms with Crippen molar-refractivity contribution in [3.63, 3.8) is 0 Å². The summed E-state index contributed by atoms with van der Waals surface area (Å²) in [6, 6.07) is 8.08. The summed E-state index contributed by atoms with van der Waals surface area (Å²) in [5, 5.41) is 43.6. The molecule has 0 unspecified atom stereocenters. The molecular formula is C21H25N5O8. The first-order valence-corrected chi connectivity index (χ1v) is 9.84. The molecule has 2 aromatic carbocycles. The van der Waals surface area contributed by atoms with Gasteiger partial charge in [0.1, 0.15) is 0 Å². The molecule has 13 nitrogen and oxygen atoms in total. The number of carbonyl (C=O) groups is 2. The Morgan fingerprint density at radius 3 is 1.59 bits per heavy atom. The maximum absolute atomic E-state index is 10.6. The van der Waals surface area contributed by atoms with Crippen LogP contribution in [0.15, 0.2) is 59.1 Å². The second-order valence-corrected chi connectivity index (χ2v) is 6.50. The predicted molar refractivity (Wildman–Crippen MR) is 124 cm³/mol. The molecular weight excluding hydrogens is 450 g/mol. The molecule has 0 bridgehead atoms. The molecule has 3 rings (SSSR count). The van der Waals surface area contributed by atoms with E-state index in [9.17, 15) is 19.4 Å². The quantitative estimate of drug-likeness (QED) is 0.210. The lowest BCUT2D eigenvalue weighted by Gasteiger charge is -2.12. The van der Waals surface area contributed by atoms with E-state index in [2.05, 4.69) is 10.6 Å². The molecule has 0 aromatic heterocycles. The van der Waals surface area contributed by atoms with Gasteiger partial charge in [-0.2, -0.15) is 0 Å². The van der Waals surface area contributed by atoms with Crippen molar-refractivity contribution in [2.45, 2.75) is 13.8 Å². The lowest BCUT2D eigenvalue weighted by molar-refractivity contribution is -0.136. The van der Waals surface area contributed by atoms with Crippen LogP contribution < -0.4 is 10.0 Å². The van der Waals surface area contributed by atoms with E-state index >= 15 is 0 Å². The number of phenolic OH excluding ortho intramolecular Hbond substituents is 4. The standard InChI is InChI=1S/C8H10N2O3.C7H8N2O3.C6H7NO2/c1-2-10(9-13)6-3-4-7(11)8(12)5-6;1-9(8-12)5-2-3-6(10)7(11)4-5;1-2-7-5(8)3-4-6(7)9/h3-5,11-12H,2H2,1H3;2-4,10-11H,1H3;3-4H,2H2,1H3. The first-order valence-electron chi connectivity index (χ1n) is 9.84. The van der Waals surface area contributed by atoms with Crippen molar-refractivity contribution in [1.29, 1.82) is 0 Å². The Morgan fingerprint density at radius 2 is 1.24 bits per heavy atom. The molecule has 4 N–H and O–H groups in total. The summed E-state index contributed by atoms with van der Waals surface area (Å²) in [7, 11) is 1.44. The second kappa shape index (κ2) is 13.0. The van der Waals surface area contributed by atoms with E-state index in [1.807, 2.05) is 0 Å². The van der Waals surface area contributed by atoms with Crippen LogP contribution in [0.4, 0.5) is 11.4 Å². The highest BCUT2D eigenvalue weighted by molar-refractivity contribution is 6.12. The monoisotopic (exact) mass is 475 g/mol. The molecule has 0 radical (unpaired) electrons. The Kier molecular flexibility index (Phi) is 10.5. The fourth-order valence-electron chi connectivity index (χ4n) is 2.46. The van der Waals surface area contributed by atoms with Crippen LogP contribution in [0.3, 0.4) is 0 Å². The van der Waals surface area contributed by atoms with Gasteiger partial charge in [-0.3, -0.25) is 14.5 Å². The average Bonchev–Trinajstić information content (AvgIpc) is 3.16. The van der Waals surface area contributed by atoms with Gasteiger partial charge in [0.25, 0.3) is 11.8 Å². The molecule has 2 aromatic rings. The number of hydrogen-bond donors (Lipinski definition) is 4. The minimum Gasteiger partial charge on any atom is -0.504 e. The molecule has 0 aliphatic carbocycles. The molecule has 0 spiro atoms. The van der Waals surface area contributed by atoms with Crippen LogP contribution in [-0.2, 0) is 9.59 Å². The summed E-state index contributed by atoms with van der Waals surface area (Å²) in [5.74, 6) is -1.39. The first kappa shape index (κ1) is 27.4. The molecule has 34 heavy (non-hydrogen) atoms. The van der Waals surface area contributed by atoms with Gasteiger partial charge in [0.15, 0.2) is 23.0 Å². The minimum absolute atomic E-state index is 0.206. The fraction of sp³-hybridized carbons (Fsp3) is 0.238. The zero-order chi connectivity index (χ0) is 25.8. The number of nitroso groups, excluding NO2 is 2. The van der Waals surface area contributed by atoms with E-state index in [1.165, 1.54) is 65.5 Å². The van der Waals surface area contributed by atoms with Crippen molar-refractivity contribution in [2.24, 2.45) is 10.6 Å². The van der Waals surface area contributed by atoms with E-state index in [0.29, 0.717) is 24.5 Å². The Bertz CT molecular complexity index is 1040. The van der Waals surface area contributed by atoms with Crippen LogP contribution in [0.1, 0.15) is 13.8 Å². The van der Waals surface area contributed by atoms with Crippen molar-refractivity contribution in [3.8, 4) is 23.0 Å². The number of hydrogen-bond acceptors (Lipinski definition) is 10. The normalized spacial score (nSPS) is 11.7. The summed E-state index contributed by atoms with van der Waals surface area (Å²) < 4.78 is 0. The highest BCUT2D eigenvalue weighted by Gasteiger charge is 2.20. The maximum Gasteiger partial charge on any atom is 0.253 e. The van der Waals surface area contributed by atoms with Crippen LogP contribution in [0.25, 0.3) is 0 Å². The Morgan fingerprint density at radius 1 is 0.765 bits per heavy atom. The van der Waals surface area contributed by atoms with Gasteiger partial charge in [-0.1, -0.05) is 0 Å². The van der Waals surface area contributed by atoms with Crippen LogP contribution in [0.2, 0.25) is 0 Å². The Labute approximate surface area is 194 Å². The second-order valence-electron chi connectivity index (χ2n) is 6.50. The van der Waals surface area contributed by atoms with Gasteiger partial charge < -0.3 is 20.4 Å². The first-order chi connectivity index (χ1) is 16.1. The molecule has 13 heteroatoms. The number of anilines is 2. The molecule has 1 aliphatic rings. The largest absolute Gasteiger partial charge is 0.504 e. The lowest BCUT2D eigenvalue weighted by atomic mass is 10.2.